The molecule has 0 aromatic rings. The monoisotopic (exact) mass is 205 g/mol. The third-order valence-electron chi connectivity index (χ3n) is 1.22. The number of aliphatic imine (C=N–C) groups is 1. The molecule has 0 saturated carbocycles. The lowest BCUT2D eigenvalue weighted by Crippen LogP contribution is -2.25. The predicted molar refractivity (Wildman–Crippen MR) is 51.2 cm³/mol. The van der Waals surface area contributed by atoms with Gasteiger partial charge in [-0.15, -0.1) is 0 Å². The highest BCUT2D eigenvalue weighted by molar-refractivity contribution is 6.35. The number of hydrogen-bond donors (Lipinski definition) is 2. The Bertz CT molecular complexity index is 256. The number of amidine groups is 1. The molecule has 74 valence electrons. The zero-order chi connectivity index (χ0) is 10.4. The largest absolute Gasteiger partial charge is 0.462 e. The molecule has 0 aliphatic heterocycles. The number of nitrogens with two attached hydrogens (primary N) is 2. The van der Waals surface area contributed by atoms with Crippen LogP contribution in [0, 0.1) is 0 Å². The van der Waals surface area contributed by atoms with E-state index in [1.165, 1.54) is 7.05 Å². The Kier molecular flexibility index (Phi) is 4.91. The molecule has 6 heteroatoms. The number of nitrogens with zero attached hydrogens (tertiary/aromatic N) is 1. The van der Waals surface area contributed by atoms with Crippen molar-refractivity contribution < 1.29 is 9.53 Å². The number of ether oxygens (including phenoxy) is 1. The van der Waals surface area contributed by atoms with Gasteiger partial charge in [0, 0.05) is 7.05 Å². The van der Waals surface area contributed by atoms with E-state index >= 15 is 0 Å². The Labute approximate surface area is 81.4 Å². The van der Waals surface area contributed by atoms with Crippen molar-refractivity contribution in [1.82, 2.24) is 0 Å². The minimum absolute atomic E-state index is 0.0362. The van der Waals surface area contributed by atoms with Gasteiger partial charge in [-0.25, -0.2) is 4.79 Å². The molecule has 0 spiro atoms. The topological polar surface area (TPSA) is 90.7 Å². The van der Waals surface area contributed by atoms with E-state index in [0.29, 0.717) is 0 Å². The standard InChI is InChI=1S/C7H12ClN3O2/c1-3-13-7(12)4(5(8)9)6(10)11-2/h3,9H2,1-2H3,(H2,10,11). The molecule has 0 aromatic heterocycles. The van der Waals surface area contributed by atoms with Crippen LogP contribution in [0.15, 0.2) is 15.7 Å². The van der Waals surface area contributed by atoms with Crippen molar-refractivity contribution in [1.29, 1.82) is 0 Å². The molecule has 0 heterocycles. The fourth-order valence-electron chi connectivity index (χ4n) is 0.639. The van der Waals surface area contributed by atoms with Crippen LogP contribution < -0.4 is 11.5 Å². The summed E-state index contributed by atoms with van der Waals surface area (Å²) in [7, 11) is 1.42. The molecule has 0 saturated heterocycles. The Morgan fingerprint density at radius 1 is 1.54 bits per heavy atom. The zero-order valence-electron chi connectivity index (χ0n) is 7.50. The fraction of sp³-hybridized carbons (Fsp3) is 0.429. The Hall–Kier alpha value is -1.23. The number of hydrogen-bond acceptors (Lipinski definition) is 4. The second kappa shape index (κ2) is 5.42. The van der Waals surface area contributed by atoms with Gasteiger partial charge in [0.2, 0.25) is 0 Å². The number of halogens is 1. The van der Waals surface area contributed by atoms with E-state index in [4.69, 9.17) is 23.1 Å². The normalized spacial score (nSPS) is 13.6. The minimum atomic E-state index is -0.668. The van der Waals surface area contributed by atoms with Gasteiger partial charge in [0.1, 0.15) is 16.6 Å². The van der Waals surface area contributed by atoms with Crippen LogP contribution in [0.3, 0.4) is 0 Å². The van der Waals surface area contributed by atoms with Crippen LogP contribution >= 0.6 is 11.6 Å². The summed E-state index contributed by atoms with van der Waals surface area (Å²) in [4.78, 5) is 14.8. The maximum Gasteiger partial charge on any atom is 0.344 e. The zero-order valence-corrected chi connectivity index (χ0v) is 8.26. The summed E-state index contributed by atoms with van der Waals surface area (Å²) in [6.45, 7) is 1.89. The summed E-state index contributed by atoms with van der Waals surface area (Å²) in [6, 6.07) is 0. The first-order valence-electron chi connectivity index (χ1n) is 3.59. The van der Waals surface area contributed by atoms with Crippen LogP contribution in [0.2, 0.25) is 0 Å². The molecule has 4 N–H and O–H groups in total. The highest BCUT2D eigenvalue weighted by Crippen LogP contribution is 2.06. The summed E-state index contributed by atoms with van der Waals surface area (Å²) in [5.74, 6) is -0.705. The molecule has 0 radical (unpaired) electrons. The van der Waals surface area contributed by atoms with Gasteiger partial charge in [-0.2, -0.15) is 0 Å². The van der Waals surface area contributed by atoms with Crippen molar-refractivity contribution in [3.05, 3.63) is 10.7 Å². The summed E-state index contributed by atoms with van der Waals surface area (Å²) < 4.78 is 4.67. The van der Waals surface area contributed by atoms with E-state index in [1.54, 1.807) is 6.92 Å². The van der Waals surface area contributed by atoms with Crippen LogP contribution in [0.25, 0.3) is 0 Å². The van der Waals surface area contributed by atoms with E-state index < -0.39 is 5.97 Å². The first-order chi connectivity index (χ1) is 6.04. The number of carbonyl (C=O) groups excluding carboxylic acids is 1. The summed E-state index contributed by atoms with van der Waals surface area (Å²) in [6.07, 6.45) is 0. The third-order valence-corrected chi connectivity index (χ3v) is 1.40. The highest BCUT2D eigenvalue weighted by Gasteiger charge is 2.17. The minimum Gasteiger partial charge on any atom is -0.462 e. The van der Waals surface area contributed by atoms with Gasteiger partial charge in [-0.1, -0.05) is 11.6 Å². The van der Waals surface area contributed by atoms with Gasteiger partial charge in [-0.05, 0) is 6.92 Å². The van der Waals surface area contributed by atoms with E-state index in [1.807, 2.05) is 0 Å². The average molecular weight is 206 g/mol. The molecule has 0 bridgehead atoms. The van der Waals surface area contributed by atoms with E-state index in [9.17, 15) is 4.79 Å². The second-order valence-corrected chi connectivity index (χ2v) is 2.46. The summed E-state index contributed by atoms with van der Waals surface area (Å²) >= 11 is 5.44. The smallest absolute Gasteiger partial charge is 0.344 e. The summed E-state index contributed by atoms with van der Waals surface area (Å²) in [5, 5.41) is -0.221. The number of rotatable bonds is 3. The average Bonchev–Trinajstić information content (AvgIpc) is 2.04. The lowest BCUT2D eigenvalue weighted by atomic mass is 10.2. The molecule has 0 aromatic carbocycles. The van der Waals surface area contributed by atoms with Gasteiger partial charge in [0.05, 0.1) is 6.61 Å². The first-order valence-corrected chi connectivity index (χ1v) is 3.97. The molecule has 0 fully saturated rings. The second-order valence-electron chi connectivity index (χ2n) is 2.05. The molecule has 13 heavy (non-hydrogen) atoms. The maximum absolute atomic E-state index is 11.2. The Morgan fingerprint density at radius 3 is 2.38 bits per heavy atom. The van der Waals surface area contributed by atoms with Crippen molar-refractivity contribution in [2.45, 2.75) is 6.92 Å². The molecule has 0 aliphatic rings. The SMILES string of the molecule is CCOC(=O)C(C(N)=NC)=C(N)Cl. The highest BCUT2D eigenvalue weighted by atomic mass is 35.5. The molecule has 5 nitrogen and oxygen atoms in total. The van der Waals surface area contributed by atoms with Gasteiger partial charge in [0.15, 0.2) is 0 Å². The third kappa shape index (κ3) is 3.33. The van der Waals surface area contributed by atoms with Gasteiger partial charge >= 0.3 is 5.97 Å². The molecule has 0 amide bonds. The van der Waals surface area contributed by atoms with Crippen molar-refractivity contribution >= 4 is 23.4 Å². The van der Waals surface area contributed by atoms with E-state index in [2.05, 4.69) is 9.73 Å². The maximum atomic E-state index is 11.2. The lowest BCUT2D eigenvalue weighted by Gasteiger charge is -2.05. The van der Waals surface area contributed by atoms with Crippen molar-refractivity contribution in [3.63, 3.8) is 0 Å². The quantitative estimate of drug-likeness (QED) is 0.222. The van der Waals surface area contributed by atoms with Crippen LogP contribution in [0.4, 0.5) is 0 Å². The van der Waals surface area contributed by atoms with Crippen LogP contribution in [-0.4, -0.2) is 25.5 Å². The summed E-state index contributed by atoms with van der Waals surface area (Å²) in [5.41, 5.74) is 10.5. The molecular formula is C7H12ClN3O2. The molecule has 0 atom stereocenters. The Balaban J connectivity index is 4.86. The Morgan fingerprint density at radius 2 is 2.08 bits per heavy atom. The van der Waals surface area contributed by atoms with Crippen molar-refractivity contribution in [2.24, 2.45) is 16.5 Å². The van der Waals surface area contributed by atoms with Crippen LogP contribution in [-0.2, 0) is 9.53 Å². The van der Waals surface area contributed by atoms with E-state index in [-0.39, 0.29) is 23.2 Å². The first kappa shape index (κ1) is 11.8. The molecule has 0 aliphatic carbocycles. The number of esters is 1. The number of carbonyl (C=O) groups is 1. The van der Waals surface area contributed by atoms with Gasteiger partial charge in [-0.3, -0.25) is 4.99 Å². The van der Waals surface area contributed by atoms with Gasteiger partial charge < -0.3 is 16.2 Å². The van der Waals surface area contributed by atoms with Crippen molar-refractivity contribution in [3.8, 4) is 0 Å². The van der Waals surface area contributed by atoms with Gasteiger partial charge in [0.25, 0.3) is 0 Å². The van der Waals surface area contributed by atoms with E-state index in [0.717, 1.165) is 0 Å². The lowest BCUT2D eigenvalue weighted by molar-refractivity contribution is -0.137. The molecular weight excluding hydrogens is 194 g/mol. The van der Waals surface area contributed by atoms with Crippen LogP contribution in [0.5, 0.6) is 0 Å². The van der Waals surface area contributed by atoms with Crippen molar-refractivity contribution in [2.75, 3.05) is 13.7 Å². The molecule has 0 rings (SSSR count). The predicted octanol–water partition coefficient (Wildman–Crippen LogP) is -0.0544. The van der Waals surface area contributed by atoms with Crippen LogP contribution in [0.1, 0.15) is 6.92 Å². The molecule has 0 unspecified atom stereocenters. The fourth-order valence-corrected chi connectivity index (χ4v) is 0.813.